The van der Waals surface area contributed by atoms with Crippen LogP contribution in [0.5, 0.6) is 5.75 Å². The molecule has 9 heteroatoms. The molecule has 1 aromatic rings. The Hall–Kier alpha value is -1.87. The van der Waals surface area contributed by atoms with Crippen molar-refractivity contribution in [3.63, 3.8) is 0 Å². The quantitative estimate of drug-likeness (QED) is 0.627. The van der Waals surface area contributed by atoms with Crippen LogP contribution in [0.25, 0.3) is 0 Å². The second-order valence-electron chi connectivity index (χ2n) is 3.58. The largest absolute Gasteiger partial charge is 0.491 e. The number of nitro benzene ring substituents is 1. The third-order valence-corrected chi connectivity index (χ3v) is 2.12. The zero-order chi connectivity index (χ0) is 14.6. The highest BCUT2D eigenvalue weighted by molar-refractivity contribution is 5.46. The summed E-state index contributed by atoms with van der Waals surface area (Å²) in [6, 6.07) is 2.13. The van der Waals surface area contributed by atoms with E-state index in [0.29, 0.717) is 12.1 Å². The fraction of sp³-hybridized carbons (Fsp3) is 0.400. The van der Waals surface area contributed by atoms with Gasteiger partial charge in [-0.3, -0.25) is 10.1 Å². The van der Waals surface area contributed by atoms with E-state index < -0.39 is 41.7 Å². The topological polar surface area (TPSA) is 92.8 Å². The average Bonchev–Trinajstić information content (AvgIpc) is 2.34. The fourth-order valence-corrected chi connectivity index (χ4v) is 1.24. The predicted octanol–water partition coefficient (Wildman–Crippen LogP) is 1.35. The Bertz CT molecular complexity index is 463. The van der Waals surface area contributed by atoms with Crippen LogP contribution >= 0.6 is 0 Å². The van der Waals surface area contributed by atoms with E-state index in [0.717, 1.165) is 6.07 Å². The van der Waals surface area contributed by atoms with E-state index in [2.05, 4.69) is 0 Å². The molecule has 0 saturated heterocycles. The van der Waals surface area contributed by atoms with Crippen molar-refractivity contribution in [2.24, 2.45) is 0 Å². The van der Waals surface area contributed by atoms with Gasteiger partial charge in [0, 0.05) is 6.07 Å². The lowest BCUT2D eigenvalue weighted by atomic mass is 10.1. The van der Waals surface area contributed by atoms with E-state index in [1.807, 2.05) is 0 Å². The van der Waals surface area contributed by atoms with E-state index in [9.17, 15) is 23.3 Å². The highest BCUT2D eigenvalue weighted by Gasteiger charge is 2.38. The molecule has 1 atom stereocenters. The maximum atomic E-state index is 12.6. The lowest BCUT2D eigenvalue weighted by Crippen LogP contribution is -2.21. The summed E-state index contributed by atoms with van der Waals surface area (Å²) in [6.45, 7) is -1.04. The van der Waals surface area contributed by atoms with Gasteiger partial charge in [-0.05, 0) is 12.1 Å². The van der Waals surface area contributed by atoms with Crippen LogP contribution in [0.3, 0.4) is 0 Å². The van der Waals surface area contributed by atoms with Crippen molar-refractivity contribution < 1.29 is 33.0 Å². The number of hydrogen-bond acceptors (Lipinski definition) is 5. The van der Waals surface area contributed by atoms with Crippen molar-refractivity contribution >= 4 is 5.69 Å². The summed E-state index contributed by atoms with van der Waals surface area (Å²) in [5.74, 6) is -0.287. The van der Waals surface area contributed by atoms with Gasteiger partial charge in [-0.1, -0.05) is 0 Å². The smallest absolute Gasteiger partial charge is 0.423 e. The van der Waals surface area contributed by atoms with Gasteiger partial charge in [-0.15, -0.1) is 0 Å². The Morgan fingerprint density at radius 2 is 2.05 bits per heavy atom. The zero-order valence-corrected chi connectivity index (χ0v) is 9.42. The molecule has 0 aromatic heterocycles. The van der Waals surface area contributed by atoms with Crippen LogP contribution in [-0.4, -0.2) is 34.5 Å². The summed E-state index contributed by atoms with van der Waals surface area (Å²) in [4.78, 5) is 9.34. The molecular weight excluding hydrogens is 271 g/mol. The summed E-state index contributed by atoms with van der Waals surface area (Å²) in [6.07, 6.45) is -6.14. The van der Waals surface area contributed by atoms with Crippen LogP contribution in [0, 0.1) is 10.1 Å². The third-order valence-electron chi connectivity index (χ3n) is 2.12. The van der Waals surface area contributed by atoms with Gasteiger partial charge < -0.3 is 14.9 Å². The minimum absolute atomic E-state index is 0.287. The number of benzene rings is 1. The molecule has 0 radical (unpaired) electrons. The van der Waals surface area contributed by atoms with Crippen LogP contribution in [0.2, 0.25) is 0 Å². The van der Waals surface area contributed by atoms with Gasteiger partial charge in [0.25, 0.3) is 5.69 Å². The lowest BCUT2D eigenvalue weighted by molar-refractivity contribution is -0.388. The molecule has 6 nitrogen and oxygen atoms in total. The molecule has 0 heterocycles. The highest BCUT2D eigenvalue weighted by Crippen LogP contribution is 2.38. The van der Waals surface area contributed by atoms with Crippen LogP contribution in [-0.2, 0) is 6.18 Å². The Morgan fingerprint density at radius 1 is 1.42 bits per heavy atom. The molecule has 0 spiro atoms. The standard InChI is InChI=1S/C10H10F3NO5/c11-10(12,13)8-3-7(19-5-6(16)4-15)1-2-9(8)14(17)18/h1-3,6,15-16H,4-5H2. The fourth-order valence-electron chi connectivity index (χ4n) is 1.24. The molecule has 106 valence electrons. The Morgan fingerprint density at radius 3 is 2.53 bits per heavy atom. The van der Waals surface area contributed by atoms with Gasteiger partial charge in [0.05, 0.1) is 11.5 Å². The van der Waals surface area contributed by atoms with Gasteiger partial charge in [0.15, 0.2) is 0 Å². The average molecular weight is 281 g/mol. The molecule has 1 rings (SSSR count). The first-order valence-electron chi connectivity index (χ1n) is 5.03. The molecule has 2 N–H and O–H groups in total. The highest BCUT2D eigenvalue weighted by atomic mass is 19.4. The SMILES string of the molecule is O=[N+]([O-])c1ccc(OCC(O)CO)cc1C(F)(F)F. The van der Waals surface area contributed by atoms with Crippen molar-refractivity contribution in [2.45, 2.75) is 12.3 Å². The van der Waals surface area contributed by atoms with Crippen LogP contribution in [0.15, 0.2) is 18.2 Å². The molecule has 0 aliphatic heterocycles. The number of hydrogen-bond donors (Lipinski definition) is 2. The molecule has 0 amide bonds. The zero-order valence-electron chi connectivity index (χ0n) is 9.42. The van der Waals surface area contributed by atoms with E-state index in [-0.39, 0.29) is 5.75 Å². The number of halogens is 3. The van der Waals surface area contributed by atoms with Crippen LogP contribution in [0.4, 0.5) is 18.9 Å². The molecule has 1 aromatic carbocycles. The first kappa shape index (κ1) is 15.2. The number of aliphatic hydroxyl groups is 2. The summed E-state index contributed by atoms with van der Waals surface area (Å²) >= 11 is 0. The molecule has 0 aliphatic carbocycles. The second kappa shape index (κ2) is 5.85. The maximum absolute atomic E-state index is 12.6. The van der Waals surface area contributed by atoms with Crippen molar-refractivity contribution in [3.8, 4) is 5.75 Å². The summed E-state index contributed by atoms with van der Waals surface area (Å²) in [5, 5.41) is 28.0. The molecular formula is C10H10F3NO5. The van der Waals surface area contributed by atoms with E-state index in [1.54, 1.807) is 0 Å². The maximum Gasteiger partial charge on any atom is 0.423 e. The molecule has 0 saturated carbocycles. The monoisotopic (exact) mass is 281 g/mol. The summed E-state index contributed by atoms with van der Waals surface area (Å²) in [7, 11) is 0. The molecule has 19 heavy (non-hydrogen) atoms. The number of aliphatic hydroxyl groups excluding tert-OH is 2. The van der Waals surface area contributed by atoms with Gasteiger partial charge in [0.1, 0.15) is 24.0 Å². The van der Waals surface area contributed by atoms with Crippen LogP contribution < -0.4 is 4.74 Å². The van der Waals surface area contributed by atoms with E-state index in [4.69, 9.17) is 14.9 Å². The number of nitro groups is 1. The lowest BCUT2D eigenvalue weighted by Gasteiger charge is -2.12. The van der Waals surface area contributed by atoms with Crippen molar-refractivity contribution in [1.29, 1.82) is 0 Å². The minimum atomic E-state index is -4.89. The molecule has 0 bridgehead atoms. The van der Waals surface area contributed by atoms with Gasteiger partial charge >= 0.3 is 6.18 Å². The third kappa shape index (κ3) is 4.07. The van der Waals surface area contributed by atoms with Gasteiger partial charge in [-0.2, -0.15) is 13.2 Å². The van der Waals surface area contributed by atoms with Crippen molar-refractivity contribution in [3.05, 3.63) is 33.9 Å². The van der Waals surface area contributed by atoms with Crippen molar-refractivity contribution in [1.82, 2.24) is 0 Å². The molecule has 1 unspecified atom stereocenters. The summed E-state index contributed by atoms with van der Waals surface area (Å²) in [5.41, 5.74) is -2.52. The molecule has 0 fully saturated rings. The summed E-state index contributed by atoms with van der Waals surface area (Å²) < 4.78 is 42.6. The van der Waals surface area contributed by atoms with E-state index >= 15 is 0 Å². The van der Waals surface area contributed by atoms with Crippen molar-refractivity contribution in [2.75, 3.05) is 13.2 Å². The first-order chi connectivity index (χ1) is 8.75. The Balaban J connectivity index is 3.02. The van der Waals surface area contributed by atoms with Crippen LogP contribution in [0.1, 0.15) is 5.56 Å². The van der Waals surface area contributed by atoms with E-state index in [1.165, 1.54) is 0 Å². The number of ether oxygens (including phenoxy) is 1. The normalized spacial score (nSPS) is 13.1. The number of nitrogens with zero attached hydrogens (tertiary/aromatic N) is 1. The number of rotatable bonds is 5. The Kier molecular flexibility index (Phi) is 4.67. The Labute approximate surface area is 105 Å². The predicted molar refractivity (Wildman–Crippen MR) is 56.7 cm³/mol. The number of alkyl halides is 3. The van der Waals surface area contributed by atoms with Gasteiger partial charge in [-0.25, -0.2) is 0 Å². The molecule has 0 aliphatic rings. The first-order valence-corrected chi connectivity index (χ1v) is 5.03. The second-order valence-corrected chi connectivity index (χ2v) is 3.58. The minimum Gasteiger partial charge on any atom is -0.491 e. The van der Waals surface area contributed by atoms with Gasteiger partial charge in [0.2, 0.25) is 0 Å².